The lowest BCUT2D eigenvalue weighted by Crippen LogP contribution is -2.32. The third kappa shape index (κ3) is 4.78. The lowest BCUT2D eigenvalue weighted by Gasteiger charge is -2.32. The Morgan fingerprint density at radius 2 is 1.92 bits per heavy atom. The van der Waals surface area contributed by atoms with E-state index in [2.05, 4.69) is 27.1 Å². The van der Waals surface area contributed by atoms with Crippen LogP contribution in [0.1, 0.15) is 30.3 Å². The zero-order valence-corrected chi connectivity index (χ0v) is 14.7. The van der Waals surface area contributed by atoms with Crippen LogP contribution in [0.3, 0.4) is 0 Å². The lowest BCUT2D eigenvalue weighted by atomic mass is 9.99. The number of carbonyl (C=O) groups excluding carboxylic acids is 2. The van der Waals surface area contributed by atoms with Gasteiger partial charge in [-0.25, -0.2) is 9.78 Å². The number of nitrogens with zero attached hydrogens (tertiary/aromatic N) is 3. The fourth-order valence-electron chi connectivity index (χ4n) is 2.83. The molecule has 0 unspecified atom stereocenters. The first-order valence-electron chi connectivity index (χ1n) is 8.70. The summed E-state index contributed by atoms with van der Waals surface area (Å²) in [5, 5.41) is 2.72. The number of benzene rings is 1. The van der Waals surface area contributed by atoms with Crippen LogP contribution in [0.15, 0.2) is 42.9 Å². The highest BCUT2D eigenvalue weighted by atomic mass is 16.5. The SMILES string of the molecule is CC1CCN(c2ccc(NC(=O)COC(=O)c3cnccn3)cc2)CC1. The molecule has 1 aliphatic heterocycles. The van der Waals surface area contributed by atoms with E-state index in [-0.39, 0.29) is 12.3 Å². The maximum absolute atomic E-state index is 11.9. The topological polar surface area (TPSA) is 84.4 Å². The third-order valence-corrected chi connectivity index (χ3v) is 4.41. The molecule has 0 spiro atoms. The molecule has 7 heteroatoms. The standard InChI is InChI=1S/C19H22N4O3/c1-14-6-10-23(11-7-14)16-4-2-15(3-5-16)22-18(24)13-26-19(25)17-12-20-8-9-21-17/h2-5,8-9,12,14H,6-7,10-11,13H2,1H3,(H,22,24). The average Bonchev–Trinajstić information content (AvgIpc) is 2.68. The highest BCUT2D eigenvalue weighted by molar-refractivity contribution is 5.94. The Hall–Kier alpha value is -2.96. The van der Waals surface area contributed by atoms with Gasteiger partial charge in [-0.2, -0.15) is 0 Å². The number of ether oxygens (including phenoxy) is 1. The predicted molar refractivity (Wildman–Crippen MR) is 98.0 cm³/mol. The van der Waals surface area contributed by atoms with Crippen molar-refractivity contribution in [1.82, 2.24) is 9.97 Å². The Balaban J connectivity index is 1.48. The second-order valence-electron chi connectivity index (χ2n) is 6.43. The molecule has 3 rings (SSSR count). The van der Waals surface area contributed by atoms with Crippen LogP contribution in [0.25, 0.3) is 0 Å². The summed E-state index contributed by atoms with van der Waals surface area (Å²) in [5.74, 6) is -0.292. The van der Waals surface area contributed by atoms with Gasteiger partial charge >= 0.3 is 5.97 Å². The van der Waals surface area contributed by atoms with Crippen LogP contribution in [0.2, 0.25) is 0 Å². The van der Waals surface area contributed by atoms with E-state index in [0.717, 1.165) is 24.7 Å². The van der Waals surface area contributed by atoms with E-state index in [9.17, 15) is 9.59 Å². The summed E-state index contributed by atoms with van der Waals surface area (Å²) in [4.78, 5) is 33.6. The van der Waals surface area contributed by atoms with Gasteiger partial charge in [-0.3, -0.25) is 9.78 Å². The molecule has 136 valence electrons. The van der Waals surface area contributed by atoms with E-state index in [4.69, 9.17) is 4.74 Å². The minimum atomic E-state index is -0.678. The van der Waals surface area contributed by atoms with Gasteiger partial charge in [0.15, 0.2) is 12.3 Å². The maximum Gasteiger partial charge on any atom is 0.359 e. The molecular weight excluding hydrogens is 332 g/mol. The largest absolute Gasteiger partial charge is 0.451 e. The van der Waals surface area contributed by atoms with Crippen LogP contribution < -0.4 is 10.2 Å². The first-order valence-corrected chi connectivity index (χ1v) is 8.70. The molecule has 1 aromatic heterocycles. The zero-order valence-electron chi connectivity index (χ0n) is 14.7. The van der Waals surface area contributed by atoms with Crippen molar-refractivity contribution in [2.75, 3.05) is 29.9 Å². The van der Waals surface area contributed by atoms with Crippen LogP contribution in [0.5, 0.6) is 0 Å². The van der Waals surface area contributed by atoms with Crippen LogP contribution in [-0.4, -0.2) is 41.5 Å². The van der Waals surface area contributed by atoms with Gasteiger partial charge in [0.25, 0.3) is 5.91 Å². The fraction of sp³-hybridized carbons (Fsp3) is 0.368. The second kappa shape index (κ2) is 8.42. The minimum absolute atomic E-state index is 0.0699. The highest BCUT2D eigenvalue weighted by Gasteiger charge is 2.16. The van der Waals surface area contributed by atoms with Crippen molar-refractivity contribution >= 4 is 23.3 Å². The summed E-state index contributed by atoms with van der Waals surface area (Å²) < 4.78 is 4.93. The zero-order chi connectivity index (χ0) is 18.4. The van der Waals surface area contributed by atoms with E-state index in [1.807, 2.05) is 24.3 Å². The van der Waals surface area contributed by atoms with Crippen LogP contribution in [0.4, 0.5) is 11.4 Å². The molecule has 0 radical (unpaired) electrons. The molecule has 1 fully saturated rings. The van der Waals surface area contributed by atoms with Gasteiger partial charge in [-0.05, 0) is 43.0 Å². The number of esters is 1. The first-order chi connectivity index (χ1) is 12.6. The van der Waals surface area contributed by atoms with Gasteiger partial charge < -0.3 is 15.0 Å². The number of hydrogen-bond donors (Lipinski definition) is 1. The predicted octanol–water partition coefficient (Wildman–Crippen LogP) is 2.51. The number of piperidine rings is 1. The quantitative estimate of drug-likeness (QED) is 0.831. The molecule has 0 atom stereocenters. The number of nitrogens with one attached hydrogen (secondary N) is 1. The number of hydrogen-bond acceptors (Lipinski definition) is 6. The molecule has 0 saturated carbocycles. The molecule has 7 nitrogen and oxygen atoms in total. The van der Waals surface area contributed by atoms with E-state index < -0.39 is 11.9 Å². The summed E-state index contributed by atoms with van der Waals surface area (Å²) in [6.07, 6.45) is 6.55. The monoisotopic (exact) mass is 354 g/mol. The van der Waals surface area contributed by atoms with E-state index in [1.54, 1.807) is 0 Å². The molecule has 1 aromatic carbocycles. The Bertz CT molecular complexity index is 741. The molecule has 2 aromatic rings. The van der Waals surface area contributed by atoms with Gasteiger partial charge in [0.2, 0.25) is 0 Å². The van der Waals surface area contributed by atoms with E-state index in [0.29, 0.717) is 5.69 Å². The van der Waals surface area contributed by atoms with E-state index >= 15 is 0 Å². The third-order valence-electron chi connectivity index (χ3n) is 4.41. The number of anilines is 2. The van der Waals surface area contributed by atoms with Crippen molar-refractivity contribution < 1.29 is 14.3 Å². The van der Waals surface area contributed by atoms with Gasteiger partial charge in [-0.1, -0.05) is 6.92 Å². The highest BCUT2D eigenvalue weighted by Crippen LogP contribution is 2.24. The molecule has 1 amide bonds. The lowest BCUT2D eigenvalue weighted by molar-refractivity contribution is -0.119. The van der Waals surface area contributed by atoms with Crippen molar-refractivity contribution in [2.45, 2.75) is 19.8 Å². The van der Waals surface area contributed by atoms with Gasteiger partial charge in [0, 0.05) is 36.9 Å². The smallest absolute Gasteiger partial charge is 0.359 e. The van der Waals surface area contributed by atoms with Crippen LogP contribution in [-0.2, 0) is 9.53 Å². The molecule has 26 heavy (non-hydrogen) atoms. The summed E-state index contributed by atoms with van der Waals surface area (Å²) in [7, 11) is 0. The van der Waals surface area contributed by atoms with Gasteiger partial charge in [0.05, 0.1) is 6.20 Å². The Kier molecular flexibility index (Phi) is 5.78. The Labute approximate surface area is 152 Å². The molecule has 1 aliphatic rings. The summed E-state index contributed by atoms with van der Waals surface area (Å²) in [6, 6.07) is 7.71. The van der Waals surface area contributed by atoms with Crippen molar-refractivity contribution in [3.8, 4) is 0 Å². The molecule has 2 heterocycles. The minimum Gasteiger partial charge on any atom is -0.451 e. The summed E-state index contributed by atoms with van der Waals surface area (Å²) in [6.45, 7) is 4.03. The number of rotatable bonds is 5. The van der Waals surface area contributed by atoms with Crippen molar-refractivity contribution in [3.63, 3.8) is 0 Å². The van der Waals surface area contributed by atoms with E-state index in [1.165, 1.54) is 31.4 Å². The molecule has 1 saturated heterocycles. The Morgan fingerprint density at radius 1 is 1.19 bits per heavy atom. The fourth-order valence-corrected chi connectivity index (χ4v) is 2.83. The van der Waals surface area contributed by atoms with Crippen molar-refractivity contribution in [3.05, 3.63) is 48.5 Å². The molecule has 1 N–H and O–H groups in total. The average molecular weight is 354 g/mol. The van der Waals surface area contributed by atoms with Gasteiger partial charge in [-0.15, -0.1) is 0 Å². The number of carbonyl (C=O) groups is 2. The summed E-state index contributed by atoms with van der Waals surface area (Å²) >= 11 is 0. The molecular formula is C19H22N4O3. The van der Waals surface area contributed by atoms with Gasteiger partial charge in [0.1, 0.15) is 0 Å². The first kappa shape index (κ1) is 17.8. The number of amides is 1. The summed E-state index contributed by atoms with van der Waals surface area (Å²) in [5.41, 5.74) is 1.89. The molecule has 0 bridgehead atoms. The maximum atomic E-state index is 11.9. The van der Waals surface area contributed by atoms with Crippen molar-refractivity contribution in [1.29, 1.82) is 0 Å². The normalized spacial score (nSPS) is 14.7. The van der Waals surface area contributed by atoms with Crippen LogP contribution >= 0.6 is 0 Å². The Morgan fingerprint density at radius 3 is 2.58 bits per heavy atom. The molecule has 0 aliphatic carbocycles. The number of aromatic nitrogens is 2. The van der Waals surface area contributed by atoms with Crippen LogP contribution in [0, 0.1) is 5.92 Å². The van der Waals surface area contributed by atoms with Crippen molar-refractivity contribution in [2.24, 2.45) is 5.92 Å². The second-order valence-corrected chi connectivity index (χ2v) is 6.43.